The Bertz CT molecular complexity index is 572. The summed E-state index contributed by atoms with van der Waals surface area (Å²) < 4.78 is 12.9. The fourth-order valence-electron chi connectivity index (χ4n) is 1.61. The van der Waals surface area contributed by atoms with Crippen LogP contribution in [0.2, 0.25) is 5.02 Å². The van der Waals surface area contributed by atoms with Crippen LogP contribution in [0.25, 0.3) is 0 Å². The molecule has 0 atom stereocenters. The Morgan fingerprint density at radius 1 is 1.16 bits per heavy atom. The number of halogens is 2. The SMILES string of the molecule is O=C(CSc1ccccc1)Cc1ccc(F)cc1Cl. The Morgan fingerprint density at radius 2 is 1.89 bits per heavy atom. The first-order chi connectivity index (χ1) is 9.15. The van der Waals surface area contributed by atoms with Crippen molar-refractivity contribution < 1.29 is 9.18 Å². The third kappa shape index (κ3) is 4.37. The van der Waals surface area contributed by atoms with Crippen LogP contribution in [-0.2, 0) is 11.2 Å². The first-order valence-electron chi connectivity index (χ1n) is 5.78. The van der Waals surface area contributed by atoms with Gasteiger partial charge < -0.3 is 0 Å². The van der Waals surface area contributed by atoms with Crippen LogP contribution in [0.4, 0.5) is 4.39 Å². The zero-order chi connectivity index (χ0) is 13.7. The van der Waals surface area contributed by atoms with E-state index in [0.29, 0.717) is 16.3 Å². The van der Waals surface area contributed by atoms with Crippen molar-refractivity contribution in [2.45, 2.75) is 11.3 Å². The summed E-state index contributed by atoms with van der Waals surface area (Å²) in [7, 11) is 0. The van der Waals surface area contributed by atoms with Crippen LogP contribution in [0.3, 0.4) is 0 Å². The summed E-state index contributed by atoms with van der Waals surface area (Å²) in [5.41, 5.74) is 0.668. The van der Waals surface area contributed by atoms with Gasteiger partial charge >= 0.3 is 0 Å². The van der Waals surface area contributed by atoms with Crippen LogP contribution in [0, 0.1) is 5.82 Å². The highest BCUT2D eigenvalue weighted by Crippen LogP contribution is 2.21. The van der Waals surface area contributed by atoms with Crippen molar-refractivity contribution in [1.82, 2.24) is 0 Å². The normalized spacial score (nSPS) is 10.4. The van der Waals surface area contributed by atoms with Gasteiger partial charge in [0.2, 0.25) is 0 Å². The molecular weight excluding hydrogens is 283 g/mol. The molecule has 2 rings (SSSR count). The maximum Gasteiger partial charge on any atom is 0.147 e. The number of ketones is 1. The number of Topliss-reactive ketones (excluding diaryl/α,β-unsaturated/α-hetero) is 1. The molecule has 0 unspecified atom stereocenters. The van der Waals surface area contributed by atoms with E-state index in [1.165, 1.54) is 23.9 Å². The average molecular weight is 295 g/mol. The summed E-state index contributed by atoms with van der Waals surface area (Å²) in [6, 6.07) is 13.8. The molecule has 0 aliphatic rings. The summed E-state index contributed by atoms with van der Waals surface area (Å²) >= 11 is 7.38. The largest absolute Gasteiger partial charge is 0.298 e. The number of hydrogen-bond donors (Lipinski definition) is 0. The highest BCUT2D eigenvalue weighted by molar-refractivity contribution is 8.00. The Labute approximate surface area is 120 Å². The van der Waals surface area contributed by atoms with Gasteiger partial charge in [0.05, 0.1) is 5.75 Å². The van der Waals surface area contributed by atoms with E-state index in [1.807, 2.05) is 30.3 Å². The van der Waals surface area contributed by atoms with Crippen LogP contribution < -0.4 is 0 Å². The Balaban J connectivity index is 1.91. The second-order valence-electron chi connectivity index (χ2n) is 4.05. The molecule has 0 aromatic heterocycles. The van der Waals surface area contributed by atoms with E-state index in [2.05, 4.69) is 0 Å². The van der Waals surface area contributed by atoms with Crippen LogP contribution in [0.1, 0.15) is 5.56 Å². The van der Waals surface area contributed by atoms with Crippen LogP contribution in [-0.4, -0.2) is 11.5 Å². The van der Waals surface area contributed by atoms with Gasteiger partial charge in [0.15, 0.2) is 0 Å². The molecule has 0 heterocycles. The van der Waals surface area contributed by atoms with E-state index in [-0.39, 0.29) is 18.0 Å². The number of carbonyl (C=O) groups excluding carboxylic acids is 1. The molecule has 0 spiro atoms. The molecule has 2 aromatic carbocycles. The van der Waals surface area contributed by atoms with Gasteiger partial charge in [-0.25, -0.2) is 4.39 Å². The molecule has 4 heteroatoms. The summed E-state index contributed by atoms with van der Waals surface area (Å²) in [5, 5.41) is 0.304. The first kappa shape index (κ1) is 14.1. The molecule has 2 aromatic rings. The fraction of sp³-hybridized carbons (Fsp3) is 0.133. The highest BCUT2D eigenvalue weighted by atomic mass is 35.5. The van der Waals surface area contributed by atoms with Crippen LogP contribution >= 0.6 is 23.4 Å². The van der Waals surface area contributed by atoms with Crippen molar-refractivity contribution in [1.29, 1.82) is 0 Å². The van der Waals surface area contributed by atoms with Gasteiger partial charge in [0.1, 0.15) is 11.6 Å². The molecule has 0 bridgehead atoms. The molecule has 0 aliphatic heterocycles. The molecule has 0 N–H and O–H groups in total. The van der Waals surface area contributed by atoms with E-state index in [1.54, 1.807) is 6.07 Å². The molecule has 98 valence electrons. The van der Waals surface area contributed by atoms with Crippen LogP contribution in [0.15, 0.2) is 53.4 Å². The monoisotopic (exact) mass is 294 g/mol. The van der Waals surface area contributed by atoms with Crippen molar-refractivity contribution in [3.63, 3.8) is 0 Å². The van der Waals surface area contributed by atoms with E-state index >= 15 is 0 Å². The first-order valence-corrected chi connectivity index (χ1v) is 7.15. The molecule has 0 saturated heterocycles. The zero-order valence-electron chi connectivity index (χ0n) is 10.1. The van der Waals surface area contributed by atoms with Crippen molar-refractivity contribution in [2.24, 2.45) is 0 Å². The highest BCUT2D eigenvalue weighted by Gasteiger charge is 2.08. The number of carbonyl (C=O) groups is 1. The van der Waals surface area contributed by atoms with Crippen molar-refractivity contribution in [3.8, 4) is 0 Å². The maximum absolute atomic E-state index is 12.9. The maximum atomic E-state index is 12.9. The quantitative estimate of drug-likeness (QED) is 0.761. The molecule has 0 radical (unpaired) electrons. The minimum atomic E-state index is -0.389. The smallest absolute Gasteiger partial charge is 0.147 e. The number of hydrogen-bond acceptors (Lipinski definition) is 2. The summed E-state index contributed by atoms with van der Waals surface area (Å²) in [5.74, 6) is 0.0692. The van der Waals surface area contributed by atoms with Crippen molar-refractivity contribution in [2.75, 3.05) is 5.75 Å². The van der Waals surface area contributed by atoms with Gasteiger partial charge in [-0.15, -0.1) is 11.8 Å². The van der Waals surface area contributed by atoms with Gasteiger partial charge in [-0.05, 0) is 29.8 Å². The van der Waals surface area contributed by atoms with Gasteiger partial charge in [-0.2, -0.15) is 0 Å². The Hall–Kier alpha value is -1.32. The lowest BCUT2D eigenvalue weighted by Crippen LogP contribution is -2.06. The van der Waals surface area contributed by atoms with Crippen LogP contribution in [0.5, 0.6) is 0 Å². The minimum Gasteiger partial charge on any atom is -0.298 e. The van der Waals surface area contributed by atoms with Gasteiger partial charge in [0.25, 0.3) is 0 Å². The predicted octanol–water partition coefficient (Wildman–Crippen LogP) is 4.38. The van der Waals surface area contributed by atoms with E-state index in [4.69, 9.17) is 11.6 Å². The van der Waals surface area contributed by atoms with Crippen molar-refractivity contribution in [3.05, 3.63) is 64.9 Å². The van der Waals surface area contributed by atoms with E-state index in [0.717, 1.165) is 4.90 Å². The lowest BCUT2D eigenvalue weighted by molar-refractivity contribution is -0.116. The molecule has 0 saturated carbocycles. The summed E-state index contributed by atoms with van der Waals surface area (Å²) in [6.07, 6.45) is 0.235. The van der Waals surface area contributed by atoms with Gasteiger partial charge in [-0.3, -0.25) is 4.79 Å². The predicted molar refractivity (Wildman–Crippen MR) is 77.3 cm³/mol. The summed E-state index contributed by atoms with van der Waals surface area (Å²) in [4.78, 5) is 12.9. The van der Waals surface area contributed by atoms with Gasteiger partial charge in [0, 0.05) is 16.3 Å². The molecule has 0 fully saturated rings. The standard InChI is InChI=1S/C15H12ClFOS/c16-15-9-12(17)7-6-11(15)8-13(18)10-19-14-4-2-1-3-5-14/h1-7,9H,8,10H2. The molecule has 1 nitrogen and oxygen atoms in total. The second-order valence-corrected chi connectivity index (χ2v) is 5.51. The second kappa shape index (κ2) is 6.73. The molecule has 19 heavy (non-hydrogen) atoms. The molecule has 0 amide bonds. The minimum absolute atomic E-state index is 0.0716. The topological polar surface area (TPSA) is 17.1 Å². The average Bonchev–Trinajstić information content (AvgIpc) is 2.41. The lowest BCUT2D eigenvalue weighted by Gasteiger charge is -2.04. The van der Waals surface area contributed by atoms with Gasteiger partial charge in [-0.1, -0.05) is 35.9 Å². The van der Waals surface area contributed by atoms with Crippen molar-refractivity contribution >= 4 is 29.1 Å². The number of benzene rings is 2. The third-order valence-corrected chi connectivity index (χ3v) is 3.97. The Kier molecular flexibility index (Phi) is 5.00. The Morgan fingerprint density at radius 3 is 2.58 bits per heavy atom. The lowest BCUT2D eigenvalue weighted by atomic mass is 10.1. The van der Waals surface area contributed by atoms with E-state index in [9.17, 15) is 9.18 Å². The molecular formula is C15H12ClFOS. The molecule has 0 aliphatic carbocycles. The number of rotatable bonds is 5. The number of thioether (sulfide) groups is 1. The zero-order valence-corrected chi connectivity index (χ0v) is 11.7. The van der Waals surface area contributed by atoms with E-state index < -0.39 is 0 Å². The summed E-state index contributed by atoms with van der Waals surface area (Å²) in [6.45, 7) is 0. The fourth-order valence-corrected chi connectivity index (χ4v) is 2.62. The third-order valence-electron chi connectivity index (χ3n) is 2.55.